The molecule has 3 rings (SSSR count). The van der Waals surface area contributed by atoms with Gasteiger partial charge in [0, 0.05) is 23.8 Å². The molecule has 0 aliphatic rings. The molecule has 0 aliphatic carbocycles. The zero-order valence-corrected chi connectivity index (χ0v) is 15.4. The van der Waals surface area contributed by atoms with Gasteiger partial charge in [-0.1, -0.05) is 6.07 Å². The highest BCUT2D eigenvalue weighted by molar-refractivity contribution is 5.92. The van der Waals surface area contributed by atoms with Crippen LogP contribution < -0.4 is 20.3 Å². The molecule has 0 radical (unpaired) electrons. The summed E-state index contributed by atoms with van der Waals surface area (Å²) in [5.74, 6) is 0.980. The van der Waals surface area contributed by atoms with Crippen LogP contribution in [-0.2, 0) is 11.3 Å². The van der Waals surface area contributed by atoms with E-state index in [1.165, 1.54) is 0 Å². The highest BCUT2D eigenvalue weighted by Gasteiger charge is 2.09. The predicted molar refractivity (Wildman–Crippen MR) is 106 cm³/mol. The lowest BCUT2D eigenvalue weighted by Gasteiger charge is -2.11. The van der Waals surface area contributed by atoms with Crippen LogP contribution in [-0.4, -0.2) is 23.7 Å². The number of anilines is 1. The molecule has 2 aromatic carbocycles. The van der Waals surface area contributed by atoms with Crippen LogP contribution in [0.1, 0.15) is 13.8 Å². The summed E-state index contributed by atoms with van der Waals surface area (Å²) in [6.45, 7) is 4.87. The summed E-state index contributed by atoms with van der Waals surface area (Å²) in [5.41, 5.74) is 0.593. The molecule has 1 amide bonds. The van der Waals surface area contributed by atoms with Crippen molar-refractivity contribution < 1.29 is 14.3 Å². The van der Waals surface area contributed by atoms with E-state index in [0.717, 1.165) is 5.75 Å². The monoisotopic (exact) mass is 366 g/mol. The second-order valence-electron chi connectivity index (χ2n) is 5.92. The van der Waals surface area contributed by atoms with E-state index in [4.69, 9.17) is 9.47 Å². The zero-order chi connectivity index (χ0) is 19.2. The Hall–Kier alpha value is -3.28. The van der Waals surface area contributed by atoms with Gasteiger partial charge in [0.25, 0.3) is 11.5 Å². The number of nitrogens with one attached hydrogen (secondary N) is 1. The van der Waals surface area contributed by atoms with Crippen molar-refractivity contribution >= 4 is 22.4 Å². The van der Waals surface area contributed by atoms with Gasteiger partial charge < -0.3 is 19.4 Å². The number of amides is 1. The van der Waals surface area contributed by atoms with Gasteiger partial charge in [0.15, 0.2) is 6.61 Å². The van der Waals surface area contributed by atoms with Crippen LogP contribution in [0.2, 0.25) is 0 Å². The van der Waals surface area contributed by atoms with Crippen molar-refractivity contribution in [2.75, 3.05) is 18.5 Å². The van der Waals surface area contributed by atoms with Crippen molar-refractivity contribution in [2.45, 2.75) is 20.4 Å². The van der Waals surface area contributed by atoms with Crippen LogP contribution in [0.15, 0.2) is 59.5 Å². The molecule has 0 saturated heterocycles. The molecule has 0 aliphatic heterocycles. The number of rotatable bonds is 7. The first-order valence-corrected chi connectivity index (χ1v) is 8.90. The third-order valence-electron chi connectivity index (χ3n) is 4.13. The van der Waals surface area contributed by atoms with Crippen molar-refractivity contribution in [3.8, 4) is 11.5 Å². The predicted octanol–water partition coefficient (Wildman–Crippen LogP) is 3.44. The third-order valence-corrected chi connectivity index (χ3v) is 4.13. The standard InChI is InChI=1S/C21H22N2O4/c1-3-23-13-12-17-18(21(23)25)6-5-7-19(17)27-14-20(24)22-15-8-10-16(11-9-15)26-4-2/h5-13H,3-4,14H2,1-2H3,(H,22,24). The fourth-order valence-electron chi connectivity index (χ4n) is 2.81. The van der Waals surface area contributed by atoms with Gasteiger partial charge >= 0.3 is 0 Å². The number of hydrogen-bond acceptors (Lipinski definition) is 4. The number of carbonyl (C=O) groups excluding carboxylic acids is 1. The largest absolute Gasteiger partial charge is 0.494 e. The Balaban J connectivity index is 1.68. The average molecular weight is 366 g/mol. The molecule has 27 heavy (non-hydrogen) atoms. The molecule has 0 saturated carbocycles. The Bertz CT molecular complexity index is 993. The summed E-state index contributed by atoms with van der Waals surface area (Å²) in [7, 11) is 0. The molecule has 6 nitrogen and oxygen atoms in total. The van der Waals surface area contributed by atoms with Gasteiger partial charge in [-0.25, -0.2) is 0 Å². The van der Waals surface area contributed by atoms with Gasteiger partial charge in [-0.05, 0) is 56.3 Å². The first-order chi connectivity index (χ1) is 13.1. The van der Waals surface area contributed by atoms with E-state index in [0.29, 0.717) is 35.4 Å². The number of benzene rings is 2. The quantitative estimate of drug-likeness (QED) is 0.695. The Morgan fingerprint density at radius 3 is 2.48 bits per heavy atom. The second kappa shape index (κ2) is 8.40. The van der Waals surface area contributed by atoms with Crippen molar-refractivity contribution in [2.24, 2.45) is 0 Å². The Morgan fingerprint density at radius 2 is 1.78 bits per heavy atom. The van der Waals surface area contributed by atoms with E-state index < -0.39 is 0 Å². The molecule has 0 fully saturated rings. The van der Waals surface area contributed by atoms with E-state index >= 15 is 0 Å². The summed E-state index contributed by atoms with van der Waals surface area (Å²) in [6, 6.07) is 14.2. The number of aromatic nitrogens is 1. The smallest absolute Gasteiger partial charge is 0.262 e. The average Bonchev–Trinajstić information content (AvgIpc) is 2.68. The van der Waals surface area contributed by atoms with Crippen molar-refractivity contribution in [3.63, 3.8) is 0 Å². The number of carbonyl (C=O) groups is 1. The molecular weight excluding hydrogens is 344 g/mol. The Labute approximate surface area is 157 Å². The lowest BCUT2D eigenvalue weighted by Crippen LogP contribution is -2.21. The topological polar surface area (TPSA) is 69.6 Å². The number of hydrogen-bond donors (Lipinski definition) is 1. The number of pyridine rings is 1. The highest BCUT2D eigenvalue weighted by Crippen LogP contribution is 2.23. The maximum atomic E-state index is 12.4. The molecule has 1 aromatic heterocycles. The minimum absolute atomic E-state index is 0.0701. The molecule has 0 atom stereocenters. The third kappa shape index (κ3) is 4.28. The van der Waals surface area contributed by atoms with Crippen LogP contribution in [0.5, 0.6) is 11.5 Å². The van der Waals surface area contributed by atoms with E-state index in [1.54, 1.807) is 53.2 Å². The van der Waals surface area contributed by atoms with Gasteiger partial charge in [0.2, 0.25) is 0 Å². The lowest BCUT2D eigenvalue weighted by molar-refractivity contribution is -0.118. The molecule has 6 heteroatoms. The molecule has 1 heterocycles. The zero-order valence-electron chi connectivity index (χ0n) is 15.4. The van der Waals surface area contributed by atoms with Gasteiger partial charge in [-0.15, -0.1) is 0 Å². The highest BCUT2D eigenvalue weighted by atomic mass is 16.5. The molecular formula is C21H22N2O4. The first-order valence-electron chi connectivity index (χ1n) is 8.90. The van der Waals surface area contributed by atoms with Crippen LogP contribution in [0, 0.1) is 0 Å². The van der Waals surface area contributed by atoms with Gasteiger partial charge in [-0.3, -0.25) is 9.59 Å². The van der Waals surface area contributed by atoms with Crippen LogP contribution in [0.4, 0.5) is 5.69 Å². The Morgan fingerprint density at radius 1 is 1.00 bits per heavy atom. The van der Waals surface area contributed by atoms with E-state index in [1.807, 2.05) is 19.9 Å². The molecule has 1 N–H and O–H groups in total. The van der Waals surface area contributed by atoms with Crippen LogP contribution in [0.25, 0.3) is 10.8 Å². The lowest BCUT2D eigenvalue weighted by atomic mass is 10.1. The molecule has 140 valence electrons. The second-order valence-corrected chi connectivity index (χ2v) is 5.92. The van der Waals surface area contributed by atoms with Crippen LogP contribution >= 0.6 is 0 Å². The summed E-state index contributed by atoms with van der Waals surface area (Å²) in [6.07, 6.45) is 1.73. The van der Waals surface area contributed by atoms with Gasteiger partial charge in [0.05, 0.1) is 12.0 Å². The molecule has 0 spiro atoms. The van der Waals surface area contributed by atoms with E-state index in [-0.39, 0.29) is 18.1 Å². The van der Waals surface area contributed by atoms with Gasteiger partial charge in [0.1, 0.15) is 11.5 Å². The van der Waals surface area contributed by atoms with Crippen molar-refractivity contribution in [3.05, 3.63) is 65.1 Å². The van der Waals surface area contributed by atoms with E-state index in [9.17, 15) is 9.59 Å². The molecule has 3 aromatic rings. The van der Waals surface area contributed by atoms with E-state index in [2.05, 4.69) is 5.32 Å². The fourth-order valence-corrected chi connectivity index (χ4v) is 2.81. The number of fused-ring (bicyclic) bond motifs is 1. The summed E-state index contributed by atoms with van der Waals surface area (Å²) < 4.78 is 12.7. The maximum absolute atomic E-state index is 12.4. The summed E-state index contributed by atoms with van der Waals surface area (Å²) in [4.78, 5) is 24.5. The number of ether oxygens (including phenoxy) is 2. The SMILES string of the molecule is CCOc1ccc(NC(=O)COc2cccc3c(=O)n(CC)ccc23)cc1. The van der Waals surface area contributed by atoms with Gasteiger partial charge in [-0.2, -0.15) is 0 Å². The minimum Gasteiger partial charge on any atom is -0.494 e. The summed E-state index contributed by atoms with van der Waals surface area (Å²) >= 11 is 0. The summed E-state index contributed by atoms with van der Waals surface area (Å²) in [5, 5.41) is 4.04. The molecule has 0 unspecified atom stereocenters. The van der Waals surface area contributed by atoms with Crippen LogP contribution in [0.3, 0.4) is 0 Å². The molecule has 0 bridgehead atoms. The minimum atomic E-state index is -0.280. The number of aryl methyl sites for hydroxylation is 1. The maximum Gasteiger partial charge on any atom is 0.262 e. The fraction of sp³-hybridized carbons (Fsp3) is 0.238. The first kappa shape index (κ1) is 18.5. The van der Waals surface area contributed by atoms with Crippen molar-refractivity contribution in [1.82, 2.24) is 4.57 Å². The number of nitrogens with zero attached hydrogens (tertiary/aromatic N) is 1. The van der Waals surface area contributed by atoms with Crippen molar-refractivity contribution in [1.29, 1.82) is 0 Å². The Kier molecular flexibility index (Phi) is 5.76. The normalized spacial score (nSPS) is 10.6.